The number of hydrogen-bond acceptors (Lipinski definition) is 4. The summed E-state index contributed by atoms with van der Waals surface area (Å²) in [6, 6.07) is 19.0. The molecule has 0 bridgehead atoms. The molecule has 2 aliphatic rings. The zero-order valence-electron chi connectivity index (χ0n) is 19.4. The van der Waals surface area contributed by atoms with Crippen molar-refractivity contribution < 1.29 is 4.79 Å². The van der Waals surface area contributed by atoms with E-state index < -0.39 is 0 Å². The van der Waals surface area contributed by atoms with Crippen LogP contribution in [0.4, 0.5) is 0 Å². The summed E-state index contributed by atoms with van der Waals surface area (Å²) in [5, 5.41) is 8.23. The van der Waals surface area contributed by atoms with E-state index in [1.54, 1.807) is 6.20 Å². The number of aromatic nitrogens is 5. The van der Waals surface area contributed by atoms with Crippen LogP contribution in [0.2, 0.25) is 0 Å². The molecule has 174 valence electrons. The van der Waals surface area contributed by atoms with Gasteiger partial charge in [-0.2, -0.15) is 5.10 Å². The van der Waals surface area contributed by atoms with Gasteiger partial charge >= 0.3 is 0 Å². The number of carbonyl (C=O) groups is 1. The third-order valence-corrected chi connectivity index (χ3v) is 7.41. The lowest BCUT2D eigenvalue weighted by Crippen LogP contribution is -2.30. The monoisotopic (exact) mass is 462 g/mol. The number of nitrogens with one attached hydrogen (secondary N) is 1. The SMILES string of the molecule is O=C(C1CC1)N1CCC(Cn2c(-c3ccc(-c4ccc5[nH]ncc5c4)cc3)nc3ncccc32)C1. The minimum absolute atomic E-state index is 0.287. The fraction of sp³-hybridized carbons (Fsp3) is 0.286. The Morgan fingerprint density at radius 1 is 1.00 bits per heavy atom. The Balaban J connectivity index is 1.19. The molecule has 1 N–H and O–H groups in total. The van der Waals surface area contributed by atoms with Crippen LogP contribution in [0.3, 0.4) is 0 Å². The topological polar surface area (TPSA) is 79.7 Å². The highest BCUT2D eigenvalue weighted by molar-refractivity contribution is 5.85. The van der Waals surface area contributed by atoms with Crippen LogP contribution in [0.15, 0.2) is 67.0 Å². The molecule has 2 fully saturated rings. The number of carbonyl (C=O) groups excluding carboxylic acids is 1. The van der Waals surface area contributed by atoms with Crippen LogP contribution in [-0.4, -0.2) is 48.6 Å². The molecule has 0 spiro atoms. The number of amides is 1. The number of H-pyrrole nitrogens is 1. The predicted molar refractivity (Wildman–Crippen MR) is 135 cm³/mol. The van der Waals surface area contributed by atoms with Crippen LogP contribution in [0.25, 0.3) is 44.6 Å². The fourth-order valence-corrected chi connectivity index (χ4v) is 5.33. The van der Waals surface area contributed by atoms with Gasteiger partial charge in [-0.25, -0.2) is 9.97 Å². The van der Waals surface area contributed by atoms with E-state index >= 15 is 0 Å². The first-order valence-corrected chi connectivity index (χ1v) is 12.4. The standard InChI is InChI=1S/C28H26N6O/c35-28(21-7-8-21)33-13-11-18(16-33)17-34-25-2-1-12-29-26(25)31-27(34)20-5-3-19(4-6-20)22-9-10-24-23(14-22)15-30-32-24/h1-6,9-10,12,14-15,18,21H,7-8,11,13,16-17H2,(H,30,32). The van der Waals surface area contributed by atoms with Gasteiger partial charge in [-0.15, -0.1) is 0 Å². The molecule has 1 amide bonds. The first-order chi connectivity index (χ1) is 17.2. The first kappa shape index (κ1) is 20.4. The number of aromatic amines is 1. The number of likely N-dealkylation sites (tertiary alicyclic amines) is 1. The normalized spacial score (nSPS) is 18.1. The van der Waals surface area contributed by atoms with E-state index in [9.17, 15) is 4.79 Å². The summed E-state index contributed by atoms with van der Waals surface area (Å²) >= 11 is 0. The Labute approximate surface area is 202 Å². The molecule has 35 heavy (non-hydrogen) atoms. The molecule has 1 saturated carbocycles. The molecule has 1 unspecified atom stereocenters. The van der Waals surface area contributed by atoms with E-state index in [0.717, 1.165) is 83.5 Å². The van der Waals surface area contributed by atoms with Crippen molar-refractivity contribution >= 4 is 28.0 Å². The zero-order chi connectivity index (χ0) is 23.4. The van der Waals surface area contributed by atoms with Crippen LogP contribution >= 0.6 is 0 Å². The lowest BCUT2D eigenvalue weighted by atomic mass is 10.0. The summed E-state index contributed by atoms with van der Waals surface area (Å²) in [5.41, 5.74) is 6.23. The molecule has 1 atom stereocenters. The van der Waals surface area contributed by atoms with E-state index in [0.29, 0.717) is 11.8 Å². The summed E-state index contributed by atoms with van der Waals surface area (Å²) in [6.07, 6.45) is 6.81. The first-order valence-electron chi connectivity index (χ1n) is 12.4. The van der Waals surface area contributed by atoms with E-state index in [1.807, 2.05) is 12.3 Å². The molecule has 1 saturated heterocycles. The van der Waals surface area contributed by atoms with Crippen molar-refractivity contribution in [3.05, 3.63) is 67.0 Å². The maximum Gasteiger partial charge on any atom is 0.225 e. The third kappa shape index (κ3) is 3.67. The van der Waals surface area contributed by atoms with Crippen molar-refractivity contribution in [2.24, 2.45) is 11.8 Å². The summed E-state index contributed by atoms with van der Waals surface area (Å²) in [7, 11) is 0. The van der Waals surface area contributed by atoms with Crippen molar-refractivity contribution in [3.8, 4) is 22.5 Å². The number of nitrogens with zero attached hydrogens (tertiary/aromatic N) is 5. The van der Waals surface area contributed by atoms with Crippen LogP contribution in [0.1, 0.15) is 19.3 Å². The van der Waals surface area contributed by atoms with Gasteiger partial charge in [0.15, 0.2) is 5.65 Å². The lowest BCUT2D eigenvalue weighted by molar-refractivity contribution is -0.131. The molecule has 7 rings (SSSR count). The number of imidazole rings is 1. The van der Waals surface area contributed by atoms with E-state index in [4.69, 9.17) is 4.98 Å². The second kappa shape index (κ2) is 8.05. The molecular formula is C28H26N6O. The Bertz CT molecular complexity index is 1550. The Kier molecular flexibility index (Phi) is 4.68. The summed E-state index contributed by atoms with van der Waals surface area (Å²) < 4.78 is 2.30. The Morgan fingerprint density at radius 2 is 1.83 bits per heavy atom. The van der Waals surface area contributed by atoms with Gasteiger partial charge in [-0.05, 0) is 60.6 Å². The van der Waals surface area contributed by atoms with E-state index in [-0.39, 0.29) is 5.92 Å². The smallest absolute Gasteiger partial charge is 0.225 e. The van der Waals surface area contributed by atoms with Gasteiger partial charge in [-0.3, -0.25) is 9.89 Å². The van der Waals surface area contributed by atoms with Crippen molar-refractivity contribution in [1.29, 1.82) is 0 Å². The molecule has 4 heterocycles. The number of rotatable bonds is 5. The Hall–Kier alpha value is -4.00. The van der Waals surface area contributed by atoms with Crippen LogP contribution < -0.4 is 0 Å². The highest BCUT2D eigenvalue weighted by Gasteiger charge is 2.36. The van der Waals surface area contributed by atoms with Crippen LogP contribution in [0.5, 0.6) is 0 Å². The zero-order valence-corrected chi connectivity index (χ0v) is 19.4. The van der Waals surface area contributed by atoms with Crippen LogP contribution in [-0.2, 0) is 11.3 Å². The Morgan fingerprint density at radius 3 is 2.69 bits per heavy atom. The van der Waals surface area contributed by atoms with Gasteiger partial charge < -0.3 is 9.47 Å². The van der Waals surface area contributed by atoms with Gasteiger partial charge in [0.2, 0.25) is 5.91 Å². The molecule has 0 radical (unpaired) electrons. The molecule has 1 aliphatic carbocycles. The molecule has 5 aromatic rings. The average Bonchev–Trinajstić information content (AvgIpc) is 3.30. The molecule has 2 aromatic carbocycles. The number of fused-ring (bicyclic) bond motifs is 2. The summed E-state index contributed by atoms with van der Waals surface area (Å²) in [5.74, 6) is 2.00. The number of hydrogen-bond donors (Lipinski definition) is 1. The minimum Gasteiger partial charge on any atom is -0.342 e. The van der Waals surface area contributed by atoms with Gasteiger partial charge in [0.25, 0.3) is 0 Å². The average molecular weight is 463 g/mol. The van der Waals surface area contributed by atoms with Crippen molar-refractivity contribution in [1.82, 2.24) is 29.6 Å². The number of pyridine rings is 1. The van der Waals surface area contributed by atoms with Crippen molar-refractivity contribution in [2.75, 3.05) is 13.1 Å². The van der Waals surface area contributed by atoms with Gasteiger partial charge in [0, 0.05) is 42.7 Å². The highest BCUT2D eigenvalue weighted by atomic mass is 16.2. The molecular weight excluding hydrogens is 436 g/mol. The summed E-state index contributed by atoms with van der Waals surface area (Å²) in [6.45, 7) is 2.55. The minimum atomic E-state index is 0.287. The molecule has 7 nitrogen and oxygen atoms in total. The summed E-state index contributed by atoms with van der Waals surface area (Å²) in [4.78, 5) is 24.1. The fourth-order valence-electron chi connectivity index (χ4n) is 5.33. The molecule has 1 aliphatic heterocycles. The van der Waals surface area contributed by atoms with Crippen LogP contribution in [0, 0.1) is 11.8 Å². The maximum absolute atomic E-state index is 12.6. The highest BCUT2D eigenvalue weighted by Crippen LogP contribution is 2.34. The van der Waals surface area contributed by atoms with Crippen molar-refractivity contribution in [3.63, 3.8) is 0 Å². The van der Waals surface area contributed by atoms with E-state index in [1.165, 1.54) is 0 Å². The molecule has 7 heteroatoms. The number of benzene rings is 2. The maximum atomic E-state index is 12.6. The second-order valence-electron chi connectivity index (χ2n) is 9.85. The van der Waals surface area contributed by atoms with Gasteiger partial charge in [-0.1, -0.05) is 30.3 Å². The molecule has 3 aromatic heterocycles. The quantitative estimate of drug-likeness (QED) is 0.403. The lowest BCUT2D eigenvalue weighted by Gasteiger charge is -2.17. The van der Waals surface area contributed by atoms with Crippen molar-refractivity contribution in [2.45, 2.75) is 25.8 Å². The van der Waals surface area contributed by atoms with Gasteiger partial charge in [0.05, 0.1) is 17.2 Å². The second-order valence-corrected chi connectivity index (χ2v) is 9.85. The largest absolute Gasteiger partial charge is 0.342 e. The van der Waals surface area contributed by atoms with E-state index in [2.05, 4.69) is 73.2 Å². The van der Waals surface area contributed by atoms with Gasteiger partial charge in [0.1, 0.15) is 5.82 Å². The third-order valence-electron chi connectivity index (χ3n) is 7.41. The predicted octanol–water partition coefficient (Wildman–Crippen LogP) is 4.90.